The summed E-state index contributed by atoms with van der Waals surface area (Å²) >= 11 is 0. The van der Waals surface area contributed by atoms with Gasteiger partial charge in [0, 0.05) is 27.2 Å². The molecule has 1 aromatic carbocycles. The highest BCUT2D eigenvalue weighted by atomic mass is 32.2. The highest BCUT2D eigenvalue weighted by Gasteiger charge is 2.11. The lowest BCUT2D eigenvalue weighted by Crippen LogP contribution is -2.39. The maximum absolute atomic E-state index is 11.8. The fraction of sp³-hybridized carbons (Fsp3) is 0.364. The van der Waals surface area contributed by atoms with Gasteiger partial charge in [-0.05, 0) is 12.1 Å². The van der Waals surface area contributed by atoms with Crippen LogP contribution in [0.25, 0.3) is 0 Å². The molecular weight excluding hydrogens is 252 g/mol. The Balaban J connectivity index is 2.44. The van der Waals surface area contributed by atoms with E-state index < -0.39 is 10.0 Å². The molecule has 1 rings (SSSR count). The second kappa shape index (κ2) is 6.97. The maximum Gasteiger partial charge on any atom is 0.240 e. The van der Waals surface area contributed by atoms with Crippen molar-refractivity contribution in [2.45, 2.75) is 4.90 Å². The number of sulfonamides is 1. The van der Waals surface area contributed by atoms with Gasteiger partial charge in [-0.2, -0.15) is 0 Å². The van der Waals surface area contributed by atoms with Crippen molar-refractivity contribution in [1.29, 1.82) is 0 Å². The van der Waals surface area contributed by atoms with Crippen molar-refractivity contribution in [3.8, 4) is 0 Å². The molecule has 100 valence electrons. The second-order valence-corrected chi connectivity index (χ2v) is 5.23. The van der Waals surface area contributed by atoms with Gasteiger partial charge in [0.25, 0.3) is 0 Å². The number of aliphatic imine (C=N–C) groups is 1. The van der Waals surface area contributed by atoms with E-state index in [1.807, 2.05) is 0 Å². The molecule has 3 N–H and O–H groups in total. The first-order chi connectivity index (χ1) is 8.60. The summed E-state index contributed by atoms with van der Waals surface area (Å²) < 4.78 is 26.2. The zero-order valence-electron chi connectivity index (χ0n) is 10.5. The van der Waals surface area contributed by atoms with Crippen LogP contribution in [-0.2, 0) is 10.0 Å². The van der Waals surface area contributed by atoms with E-state index in [-0.39, 0.29) is 11.4 Å². The van der Waals surface area contributed by atoms with Crippen LogP contribution >= 0.6 is 0 Å². The van der Waals surface area contributed by atoms with E-state index in [0.717, 1.165) is 0 Å². The molecule has 1 aromatic rings. The molecule has 0 aliphatic heterocycles. The largest absolute Gasteiger partial charge is 0.359 e. The maximum atomic E-state index is 11.8. The van der Waals surface area contributed by atoms with Crippen LogP contribution in [0, 0.1) is 0 Å². The van der Waals surface area contributed by atoms with Crippen molar-refractivity contribution >= 4 is 16.0 Å². The molecule has 6 nitrogen and oxygen atoms in total. The van der Waals surface area contributed by atoms with Gasteiger partial charge in [-0.1, -0.05) is 18.2 Å². The summed E-state index contributed by atoms with van der Waals surface area (Å²) in [4.78, 5) is 4.18. The van der Waals surface area contributed by atoms with Gasteiger partial charge >= 0.3 is 0 Å². The Morgan fingerprint density at radius 3 is 2.44 bits per heavy atom. The first kappa shape index (κ1) is 14.5. The molecule has 0 aromatic heterocycles. The minimum absolute atomic E-state index is 0.267. The van der Waals surface area contributed by atoms with Crippen LogP contribution in [-0.4, -0.2) is 41.6 Å². The summed E-state index contributed by atoms with van der Waals surface area (Å²) in [7, 11) is -0.0366. The molecule has 0 atom stereocenters. The summed E-state index contributed by atoms with van der Waals surface area (Å²) in [5, 5.41) is 5.80. The topological polar surface area (TPSA) is 82.6 Å². The Bertz CT molecular complexity index is 485. The quantitative estimate of drug-likeness (QED) is 0.392. The Kier molecular flexibility index (Phi) is 5.60. The number of guanidine groups is 1. The molecule has 0 heterocycles. The number of benzene rings is 1. The molecule has 0 aliphatic carbocycles. The van der Waals surface area contributed by atoms with Crippen molar-refractivity contribution in [1.82, 2.24) is 15.4 Å². The van der Waals surface area contributed by atoms with Crippen LogP contribution in [0.5, 0.6) is 0 Å². The lowest BCUT2D eigenvalue weighted by molar-refractivity contribution is 0.580. The molecule has 0 spiro atoms. The standard InChI is InChI=1S/C11H18N4O2S/c1-12-11(13-2)14-8-9-15-18(16,17)10-6-4-3-5-7-10/h3-7,15H,8-9H2,1-2H3,(H2,12,13,14). The second-order valence-electron chi connectivity index (χ2n) is 3.46. The van der Waals surface area contributed by atoms with E-state index in [0.29, 0.717) is 12.5 Å². The van der Waals surface area contributed by atoms with E-state index in [2.05, 4.69) is 20.3 Å². The Labute approximate surface area is 108 Å². The summed E-state index contributed by atoms with van der Waals surface area (Å²) in [5.74, 6) is 0.619. The smallest absolute Gasteiger partial charge is 0.240 e. The number of nitrogens with one attached hydrogen (secondary N) is 3. The van der Waals surface area contributed by atoms with E-state index in [9.17, 15) is 8.42 Å². The van der Waals surface area contributed by atoms with Crippen molar-refractivity contribution in [3.05, 3.63) is 30.3 Å². The fourth-order valence-corrected chi connectivity index (χ4v) is 2.38. The van der Waals surface area contributed by atoms with Gasteiger partial charge in [-0.15, -0.1) is 0 Å². The molecule has 0 radical (unpaired) electrons. The van der Waals surface area contributed by atoms with Gasteiger partial charge in [0.15, 0.2) is 5.96 Å². The van der Waals surface area contributed by atoms with Gasteiger partial charge in [0.05, 0.1) is 4.90 Å². The molecule has 0 unspecified atom stereocenters. The molecule has 0 saturated carbocycles. The van der Waals surface area contributed by atoms with E-state index in [1.165, 1.54) is 0 Å². The summed E-state index contributed by atoms with van der Waals surface area (Å²) in [6, 6.07) is 8.27. The van der Waals surface area contributed by atoms with E-state index in [1.54, 1.807) is 44.4 Å². The minimum atomic E-state index is -3.42. The van der Waals surface area contributed by atoms with Gasteiger partial charge in [-0.3, -0.25) is 4.99 Å². The third-order valence-corrected chi connectivity index (χ3v) is 3.70. The van der Waals surface area contributed by atoms with Crippen molar-refractivity contribution in [2.24, 2.45) is 4.99 Å². The molecule has 0 amide bonds. The van der Waals surface area contributed by atoms with Gasteiger partial charge < -0.3 is 10.6 Å². The van der Waals surface area contributed by atoms with Crippen molar-refractivity contribution in [3.63, 3.8) is 0 Å². The van der Waals surface area contributed by atoms with Gasteiger partial charge in [0.1, 0.15) is 0 Å². The average molecular weight is 270 g/mol. The number of nitrogens with zero attached hydrogens (tertiary/aromatic N) is 1. The highest BCUT2D eigenvalue weighted by molar-refractivity contribution is 7.89. The Morgan fingerprint density at radius 1 is 1.22 bits per heavy atom. The van der Waals surface area contributed by atoms with Gasteiger partial charge in [0.2, 0.25) is 10.0 Å². The number of hydrogen-bond donors (Lipinski definition) is 3. The fourth-order valence-electron chi connectivity index (χ4n) is 1.33. The molecule has 0 bridgehead atoms. The van der Waals surface area contributed by atoms with Crippen LogP contribution in [0.15, 0.2) is 40.2 Å². The Morgan fingerprint density at radius 2 is 1.89 bits per heavy atom. The number of hydrogen-bond acceptors (Lipinski definition) is 3. The summed E-state index contributed by atoms with van der Waals surface area (Å²) in [6.07, 6.45) is 0. The van der Waals surface area contributed by atoms with Crippen LogP contribution in [0.1, 0.15) is 0 Å². The van der Waals surface area contributed by atoms with E-state index in [4.69, 9.17) is 0 Å². The molecule has 0 fully saturated rings. The molecule has 0 aliphatic rings. The average Bonchev–Trinajstić information content (AvgIpc) is 2.40. The summed E-state index contributed by atoms with van der Waals surface area (Å²) in [6.45, 7) is 0.748. The third kappa shape index (κ3) is 4.34. The minimum Gasteiger partial charge on any atom is -0.359 e. The monoisotopic (exact) mass is 270 g/mol. The van der Waals surface area contributed by atoms with Crippen LogP contribution in [0.2, 0.25) is 0 Å². The lowest BCUT2D eigenvalue weighted by Gasteiger charge is -2.09. The van der Waals surface area contributed by atoms with Crippen molar-refractivity contribution in [2.75, 3.05) is 27.2 Å². The lowest BCUT2D eigenvalue weighted by atomic mass is 10.4. The SMILES string of the molecule is CN=C(NC)NCCNS(=O)(=O)c1ccccc1. The Hall–Kier alpha value is -1.60. The zero-order chi connectivity index (χ0) is 13.4. The first-order valence-electron chi connectivity index (χ1n) is 5.53. The number of rotatable bonds is 5. The van der Waals surface area contributed by atoms with Crippen LogP contribution in [0.3, 0.4) is 0 Å². The normalized spacial score (nSPS) is 12.2. The van der Waals surface area contributed by atoms with Crippen molar-refractivity contribution < 1.29 is 8.42 Å². The predicted octanol–water partition coefficient (Wildman–Crippen LogP) is -0.240. The molecule has 0 saturated heterocycles. The molecule has 7 heteroatoms. The van der Waals surface area contributed by atoms with Crippen LogP contribution < -0.4 is 15.4 Å². The third-order valence-electron chi connectivity index (χ3n) is 2.22. The molecular formula is C11H18N4O2S. The molecule has 18 heavy (non-hydrogen) atoms. The predicted molar refractivity (Wildman–Crippen MR) is 72.1 cm³/mol. The zero-order valence-corrected chi connectivity index (χ0v) is 11.3. The van der Waals surface area contributed by atoms with Crippen LogP contribution in [0.4, 0.5) is 0 Å². The van der Waals surface area contributed by atoms with Gasteiger partial charge in [-0.25, -0.2) is 13.1 Å². The first-order valence-corrected chi connectivity index (χ1v) is 7.01. The summed E-state index contributed by atoms with van der Waals surface area (Å²) in [5.41, 5.74) is 0. The van der Waals surface area contributed by atoms with E-state index >= 15 is 0 Å². The highest BCUT2D eigenvalue weighted by Crippen LogP contribution is 2.06.